The van der Waals surface area contributed by atoms with Gasteiger partial charge in [0.15, 0.2) is 0 Å². The van der Waals surface area contributed by atoms with E-state index in [2.05, 4.69) is 11.3 Å². The van der Waals surface area contributed by atoms with Crippen LogP contribution in [-0.2, 0) is 18.8 Å². The molecule has 0 amide bonds. The van der Waals surface area contributed by atoms with Gasteiger partial charge in [0, 0.05) is 12.8 Å². The van der Waals surface area contributed by atoms with Crippen LogP contribution in [0.15, 0.2) is 12.8 Å². The number of rotatable bonds is 7. The van der Waals surface area contributed by atoms with E-state index in [1.54, 1.807) is 0 Å². The van der Waals surface area contributed by atoms with Gasteiger partial charge in [0.2, 0.25) is 8.32 Å². The van der Waals surface area contributed by atoms with Crippen LogP contribution in [0.4, 0.5) is 0 Å². The molecule has 0 saturated heterocycles. The third-order valence-electron chi connectivity index (χ3n) is 1.65. The molecule has 92 valence electrons. The summed E-state index contributed by atoms with van der Waals surface area (Å²) in [5.74, 6) is -0.482. The maximum atomic E-state index is 11.3. The number of carbonyl (C=O) groups is 2. The zero-order valence-corrected chi connectivity index (χ0v) is 11.2. The third kappa shape index (κ3) is 9.45. The molecule has 4 nitrogen and oxygen atoms in total. The lowest BCUT2D eigenvalue weighted by Gasteiger charge is -2.16. The summed E-state index contributed by atoms with van der Waals surface area (Å²) in [4.78, 5) is 22.2. The molecule has 0 rings (SSSR count). The summed E-state index contributed by atoms with van der Waals surface area (Å²) in [6.07, 6.45) is 3.07. The standard InChI is InChI=1S/C11H20O4Si/c1-5-14-10(12)8-6-7-9-11(13)15-16(2,3)4/h5H,1,6-9H2,2-4H3. The van der Waals surface area contributed by atoms with E-state index in [-0.39, 0.29) is 11.9 Å². The van der Waals surface area contributed by atoms with Crippen molar-refractivity contribution in [3.05, 3.63) is 12.8 Å². The number of hydrogen-bond acceptors (Lipinski definition) is 4. The Morgan fingerprint density at radius 1 is 1.12 bits per heavy atom. The van der Waals surface area contributed by atoms with Crippen molar-refractivity contribution < 1.29 is 18.8 Å². The molecule has 0 aromatic heterocycles. The van der Waals surface area contributed by atoms with E-state index < -0.39 is 8.32 Å². The number of carbonyl (C=O) groups excluding carboxylic acids is 2. The van der Waals surface area contributed by atoms with Crippen LogP contribution in [0.5, 0.6) is 0 Å². The molecular formula is C11H20O4Si. The minimum Gasteiger partial charge on any atom is -0.520 e. The summed E-state index contributed by atoms with van der Waals surface area (Å²) < 4.78 is 9.80. The maximum absolute atomic E-state index is 11.3. The van der Waals surface area contributed by atoms with Crippen molar-refractivity contribution in [2.75, 3.05) is 0 Å². The highest BCUT2D eigenvalue weighted by molar-refractivity contribution is 6.71. The van der Waals surface area contributed by atoms with Crippen molar-refractivity contribution in [3.8, 4) is 0 Å². The Balaban J connectivity index is 3.56. The average Bonchev–Trinajstić information content (AvgIpc) is 2.10. The molecule has 0 aromatic carbocycles. The lowest BCUT2D eigenvalue weighted by atomic mass is 10.2. The fourth-order valence-electron chi connectivity index (χ4n) is 1.08. The molecule has 0 atom stereocenters. The van der Waals surface area contributed by atoms with E-state index in [1.165, 1.54) is 0 Å². The first-order valence-electron chi connectivity index (χ1n) is 5.37. The molecule has 0 radical (unpaired) electrons. The minimum absolute atomic E-state index is 0.170. The highest BCUT2D eigenvalue weighted by Crippen LogP contribution is 2.08. The van der Waals surface area contributed by atoms with Gasteiger partial charge in [-0.05, 0) is 32.5 Å². The second-order valence-corrected chi connectivity index (χ2v) is 8.88. The zero-order chi connectivity index (χ0) is 12.6. The molecule has 0 aliphatic carbocycles. The topological polar surface area (TPSA) is 52.6 Å². The van der Waals surface area contributed by atoms with Crippen LogP contribution in [0.25, 0.3) is 0 Å². The highest BCUT2D eigenvalue weighted by Gasteiger charge is 2.19. The van der Waals surface area contributed by atoms with Gasteiger partial charge in [-0.2, -0.15) is 0 Å². The van der Waals surface area contributed by atoms with Crippen LogP contribution in [-0.4, -0.2) is 20.3 Å². The Morgan fingerprint density at radius 2 is 1.62 bits per heavy atom. The van der Waals surface area contributed by atoms with E-state index in [0.29, 0.717) is 25.7 Å². The molecule has 0 spiro atoms. The molecule has 0 aliphatic heterocycles. The van der Waals surface area contributed by atoms with Crippen LogP contribution in [0.2, 0.25) is 19.6 Å². The number of hydrogen-bond donors (Lipinski definition) is 0. The van der Waals surface area contributed by atoms with E-state index in [9.17, 15) is 9.59 Å². The number of ether oxygens (including phenoxy) is 1. The predicted octanol–water partition coefficient (Wildman–Crippen LogP) is 2.61. The summed E-state index contributed by atoms with van der Waals surface area (Å²) in [5, 5.41) is 0. The second kappa shape index (κ2) is 7.22. The SMILES string of the molecule is C=COC(=O)CCCCC(=O)O[Si](C)(C)C. The van der Waals surface area contributed by atoms with Gasteiger partial charge in [-0.25, -0.2) is 0 Å². The molecule has 0 aliphatic rings. The van der Waals surface area contributed by atoms with Crippen molar-refractivity contribution in [1.29, 1.82) is 0 Å². The van der Waals surface area contributed by atoms with Crippen LogP contribution in [0, 0.1) is 0 Å². The largest absolute Gasteiger partial charge is 0.520 e. The summed E-state index contributed by atoms with van der Waals surface area (Å²) >= 11 is 0. The van der Waals surface area contributed by atoms with Crippen molar-refractivity contribution in [2.24, 2.45) is 0 Å². The summed E-state index contributed by atoms with van der Waals surface area (Å²) in [6, 6.07) is 0. The molecule has 0 unspecified atom stereocenters. The molecule has 5 heteroatoms. The minimum atomic E-state index is -1.77. The van der Waals surface area contributed by atoms with Gasteiger partial charge in [-0.15, -0.1) is 0 Å². The van der Waals surface area contributed by atoms with Gasteiger partial charge in [0.05, 0.1) is 6.26 Å². The second-order valence-electron chi connectivity index (χ2n) is 4.45. The molecule has 0 bridgehead atoms. The Bertz CT molecular complexity index is 255. The van der Waals surface area contributed by atoms with Crippen molar-refractivity contribution in [3.63, 3.8) is 0 Å². The van der Waals surface area contributed by atoms with Crippen LogP contribution in [0.3, 0.4) is 0 Å². The smallest absolute Gasteiger partial charge is 0.310 e. The number of esters is 1. The average molecular weight is 244 g/mol. The predicted molar refractivity (Wildman–Crippen MR) is 64.2 cm³/mol. The van der Waals surface area contributed by atoms with Gasteiger partial charge in [0.25, 0.3) is 5.97 Å². The first kappa shape index (κ1) is 14.9. The molecule has 0 saturated carbocycles. The molecule has 16 heavy (non-hydrogen) atoms. The van der Waals surface area contributed by atoms with Crippen LogP contribution < -0.4 is 0 Å². The molecule has 0 heterocycles. The highest BCUT2D eigenvalue weighted by atomic mass is 28.4. The normalized spacial score (nSPS) is 10.7. The Kier molecular flexibility index (Phi) is 6.72. The van der Waals surface area contributed by atoms with Crippen molar-refractivity contribution in [2.45, 2.75) is 45.3 Å². The first-order valence-corrected chi connectivity index (χ1v) is 8.78. The summed E-state index contributed by atoms with van der Waals surface area (Å²) in [6.45, 7) is 9.18. The van der Waals surface area contributed by atoms with Gasteiger partial charge in [-0.1, -0.05) is 6.58 Å². The van der Waals surface area contributed by atoms with Crippen molar-refractivity contribution >= 4 is 20.3 Å². The quantitative estimate of drug-likeness (QED) is 0.299. The van der Waals surface area contributed by atoms with E-state index in [0.717, 1.165) is 6.26 Å². The number of unbranched alkanes of at least 4 members (excludes halogenated alkanes) is 1. The fraction of sp³-hybridized carbons (Fsp3) is 0.636. The Labute approximate surface area is 97.8 Å². The van der Waals surface area contributed by atoms with Gasteiger partial charge >= 0.3 is 5.97 Å². The van der Waals surface area contributed by atoms with Crippen LogP contribution in [0.1, 0.15) is 25.7 Å². The molecule has 0 N–H and O–H groups in total. The lowest BCUT2D eigenvalue weighted by Crippen LogP contribution is -2.29. The Morgan fingerprint density at radius 3 is 2.06 bits per heavy atom. The monoisotopic (exact) mass is 244 g/mol. The van der Waals surface area contributed by atoms with E-state index >= 15 is 0 Å². The van der Waals surface area contributed by atoms with Gasteiger partial charge < -0.3 is 9.16 Å². The van der Waals surface area contributed by atoms with Crippen LogP contribution >= 0.6 is 0 Å². The third-order valence-corrected chi connectivity index (χ3v) is 2.49. The molecule has 0 aromatic rings. The van der Waals surface area contributed by atoms with E-state index in [4.69, 9.17) is 4.43 Å². The molecule has 0 fully saturated rings. The lowest BCUT2D eigenvalue weighted by molar-refractivity contribution is -0.139. The van der Waals surface area contributed by atoms with Crippen molar-refractivity contribution in [1.82, 2.24) is 0 Å². The van der Waals surface area contributed by atoms with Gasteiger partial charge in [0.1, 0.15) is 0 Å². The van der Waals surface area contributed by atoms with E-state index in [1.807, 2.05) is 19.6 Å². The fourth-order valence-corrected chi connectivity index (χ4v) is 1.87. The van der Waals surface area contributed by atoms with Gasteiger partial charge in [-0.3, -0.25) is 9.59 Å². The maximum Gasteiger partial charge on any atom is 0.310 e. The Hall–Kier alpha value is -1.10. The summed E-state index contributed by atoms with van der Waals surface area (Å²) in [5.41, 5.74) is 0. The summed E-state index contributed by atoms with van der Waals surface area (Å²) in [7, 11) is -1.77. The molecular weight excluding hydrogens is 224 g/mol. The zero-order valence-electron chi connectivity index (χ0n) is 10.2. The first-order chi connectivity index (χ1) is 7.35.